The number of carbonyl (C=O) groups excluding carboxylic acids is 1. The molecule has 3 atom stereocenters. The third-order valence-electron chi connectivity index (χ3n) is 4.80. The summed E-state index contributed by atoms with van der Waals surface area (Å²) < 4.78 is 0. The van der Waals surface area contributed by atoms with E-state index in [0.717, 1.165) is 44.7 Å². The lowest BCUT2D eigenvalue weighted by Gasteiger charge is -2.30. The summed E-state index contributed by atoms with van der Waals surface area (Å²) in [7, 11) is 0. The van der Waals surface area contributed by atoms with Crippen LogP contribution in [0.4, 0.5) is 0 Å². The maximum atomic E-state index is 12.3. The van der Waals surface area contributed by atoms with E-state index in [4.69, 9.17) is 4.99 Å². The number of carbonyl (C=O) groups is 1. The van der Waals surface area contributed by atoms with Crippen molar-refractivity contribution in [3.8, 4) is 0 Å². The van der Waals surface area contributed by atoms with E-state index in [1.807, 2.05) is 13.8 Å². The highest BCUT2D eigenvalue weighted by atomic mass is 127. The molecule has 0 aromatic carbocycles. The molecule has 1 aliphatic carbocycles. The van der Waals surface area contributed by atoms with Gasteiger partial charge < -0.3 is 16.0 Å². The second-order valence-corrected chi connectivity index (χ2v) is 8.33. The van der Waals surface area contributed by atoms with Crippen LogP contribution in [0.15, 0.2) is 21.8 Å². The van der Waals surface area contributed by atoms with Crippen LogP contribution in [0.1, 0.15) is 64.9 Å². The van der Waals surface area contributed by atoms with Crippen LogP contribution in [-0.4, -0.2) is 37.0 Å². The summed E-state index contributed by atoms with van der Waals surface area (Å²) in [6.45, 7) is 9.92. The van der Waals surface area contributed by atoms with Crippen LogP contribution < -0.4 is 16.0 Å². The van der Waals surface area contributed by atoms with E-state index in [9.17, 15) is 4.79 Å². The van der Waals surface area contributed by atoms with Crippen molar-refractivity contribution < 1.29 is 4.79 Å². The molecule has 5 nitrogen and oxygen atoms in total. The third-order valence-corrected chi connectivity index (χ3v) is 5.50. The van der Waals surface area contributed by atoms with Gasteiger partial charge in [0.2, 0.25) is 5.91 Å². The highest BCUT2D eigenvalue weighted by Gasteiger charge is 2.28. The second kappa shape index (κ2) is 12.6. The Labute approximate surface area is 185 Å². The van der Waals surface area contributed by atoms with Gasteiger partial charge in [0, 0.05) is 37.0 Å². The number of nitrogens with one attached hydrogen (secondary N) is 3. The fourth-order valence-corrected chi connectivity index (χ4v) is 4.15. The van der Waals surface area contributed by atoms with Gasteiger partial charge in [-0.25, -0.2) is 0 Å². The number of thiophene rings is 1. The first-order valence-electron chi connectivity index (χ1n) is 9.86. The molecule has 0 bridgehead atoms. The Hall–Kier alpha value is -0.830. The van der Waals surface area contributed by atoms with Crippen molar-refractivity contribution in [1.29, 1.82) is 0 Å². The van der Waals surface area contributed by atoms with E-state index in [1.165, 1.54) is 5.56 Å². The molecule has 1 fully saturated rings. The number of guanidine groups is 1. The van der Waals surface area contributed by atoms with Gasteiger partial charge in [0.05, 0.1) is 0 Å². The van der Waals surface area contributed by atoms with Crippen LogP contribution in [0.2, 0.25) is 0 Å². The number of hydrogen-bond acceptors (Lipinski definition) is 3. The lowest BCUT2D eigenvalue weighted by Crippen LogP contribution is -2.47. The predicted molar refractivity (Wildman–Crippen MR) is 126 cm³/mol. The maximum Gasteiger partial charge on any atom is 0.223 e. The van der Waals surface area contributed by atoms with Crippen molar-refractivity contribution in [3.63, 3.8) is 0 Å². The molecule has 1 saturated carbocycles. The zero-order valence-corrected chi connectivity index (χ0v) is 20.1. The van der Waals surface area contributed by atoms with Crippen LogP contribution in [0.25, 0.3) is 0 Å². The zero-order valence-electron chi connectivity index (χ0n) is 17.0. The average Bonchev–Trinajstić information content (AvgIpc) is 3.14. The first-order chi connectivity index (χ1) is 12.5. The summed E-state index contributed by atoms with van der Waals surface area (Å²) in [6.07, 6.45) is 4.04. The smallest absolute Gasteiger partial charge is 0.223 e. The fraction of sp³-hybridized carbons (Fsp3) is 0.700. The van der Waals surface area contributed by atoms with E-state index in [0.29, 0.717) is 12.0 Å². The number of rotatable bonds is 7. The Morgan fingerprint density at radius 1 is 1.33 bits per heavy atom. The van der Waals surface area contributed by atoms with Gasteiger partial charge in [-0.3, -0.25) is 9.79 Å². The molecule has 1 aromatic heterocycles. The topological polar surface area (TPSA) is 65.5 Å². The van der Waals surface area contributed by atoms with Gasteiger partial charge in [0.25, 0.3) is 0 Å². The van der Waals surface area contributed by atoms with Crippen molar-refractivity contribution in [2.75, 3.05) is 13.1 Å². The Morgan fingerprint density at radius 2 is 2.11 bits per heavy atom. The van der Waals surface area contributed by atoms with Gasteiger partial charge in [-0.2, -0.15) is 11.3 Å². The number of hydrogen-bond donors (Lipinski definition) is 3. The van der Waals surface area contributed by atoms with Gasteiger partial charge in [-0.05, 0) is 62.4 Å². The molecule has 7 heteroatoms. The van der Waals surface area contributed by atoms with Crippen LogP contribution in [0, 0.1) is 5.92 Å². The molecule has 3 unspecified atom stereocenters. The normalized spacial score (nSPS) is 21.3. The van der Waals surface area contributed by atoms with Crippen LogP contribution >= 0.6 is 35.3 Å². The van der Waals surface area contributed by atoms with Crippen molar-refractivity contribution in [1.82, 2.24) is 16.0 Å². The van der Waals surface area contributed by atoms with Gasteiger partial charge in [0.15, 0.2) is 5.96 Å². The molecule has 1 aliphatic rings. The average molecular weight is 506 g/mol. The molecule has 0 spiro atoms. The molecule has 3 N–H and O–H groups in total. The lowest BCUT2D eigenvalue weighted by molar-refractivity contribution is -0.126. The number of amides is 1. The monoisotopic (exact) mass is 506 g/mol. The molecule has 154 valence electrons. The molecule has 1 aromatic rings. The molecular weight excluding hydrogens is 471 g/mol. The molecule has 0 radical (unpaired) electrons. The first kappa shape index (κ1) is 24.2. The molecule has 1 heterocycles. The summed E-state index contributed by atoms with van der Waals surface area (Å²) in [6, 6.07) is 2.68. The standard InChI is InChI=1S/C20H34N4OS.HI/c1-5-21-20(22-12-15(4)17-9-10-26-13-17)24-18-8-6-7-16(11-18)19(25)23-14(2)3;/h9-10,13-16,18H,5-8,11-12H2,1-4H3,(H,23,25)(H2,21,22,24);1H. The van der Waals surface area contributed by atoms with Gasteiger partial charge >= 0.3 is 0 Å². The summed E-state index contributed by atoms with van der Waals surface area (Å²) in [5, 5.41) is 14.3. The van der Waals surface area contributed by atoms with Crippen molar-refractivity contribution in [2.45, 2.75) is 71.4 Å². The molecule has 27 heavy (non-hydrogen) atoms. The minimum atomic E-state index is 0. The van der Waals surface area contributed by atoms with E-state index >= 15 is 0 Å². The van der Waals surface area contributed by atoms with E-state index < -0.39 is 0 Å². The second-order valence-electron chi connectivity index (χ2n) is 7.55. The first-order valence-corrected chi connectivity index (χ1v) is 10.8. The highest BCUT2D eigenvalue weighted by molar-refractivity contribution is 14.0. The molecular formula is C20H35IN4OS. The number of halogens is 1. The zero-order chi connectivity index (χ0) is 18.9. The van der Waals surface area contributed by atoms with Gasteiger partial charge in [-0.1, -0.05) is 13.3 Å². The Morgan fingerprint density at radius 3 is 2.74 bits per heavy atom. The highest BCUT2D eigenvalue weighted by Crippen LogP contribution is 2.25. The van der Waals surface area contributed by atoms with Crippen molar-refractivity contribution in [2.24, 2.45) is 10.9 Å². The van der Waals surface area contributed by atoms with E-state index in [1.54, 1.807) is 11.3 Å². The van der Waals surface area contributed by atoms with Crippen molar-refractivity contribution >= 4 is 47.2 Å². The maximum absolute atomic E-state index is 12.3. The minimum absolute atomic E-state index is 0. The summed E-state index contributed by atoms with van der Waals surface area (Å²) in [4.78, 5) is 17.1. The largest absolute Gasteiger partial charge is 0.357 e. The van der Waals surface area contributed by atoms with Crippen molar-refractivity contribution in [3.05, 3.63) is 22.4 Å². The fourth-order valence-electron chi connectivity index (χ4n) is 3.36. The van der Waals surface area contributed by atoms with Gasteiger partial charge in [0.1, 0.15) is 0 Å². The SMILES string of the molecule is CCNC(=NCC(C)c1ccsc1)NC1CCCC(C(=O)NC(C)C)C1.I. The predicted octanol–water partition coefficient (Wildman–Crippen LogP) is 4.11. The molecule has 0 saturated heterocycles. The van der Waals surface area contributed by atoms with E-state index in [2.05, 4.69) is 46.6 Å². The summed E-state index contributed by atoms with van der Waals surface area (Å²) in [5.74, 6) is 1.58. The summed E-state index contributed by atoms with van der Waals surface area (Å²) >= 11 is 1.73. The van der Waals surface area contributed by atoms with Crippen LogP contribution in [0.3, 0.4) is 0 Å². The van der Waals surface area contributed by atoms with Crippen LogP contribution in [-0.2, 0) is 4.79 Å². The van der Waals surface area contributed by atoms with Crippen LogP contribution in [0.5, 0.6) is 0 Å². The Balaban J connectivity index is 0.00000364. The van der Waals surface area contributed by atoms with Gasteiger partial charge in [-0.15, -0.1) is 24.0 Å². The number of aliphatic imine (C=N–C) groups is 1. The minimum Gasteiger partial charge on any atom is -0.357 e. The van der Waals surface area contributed by atoms with E-state index in [-0.39, 0.29) is 41.8 Å². The molecule has 0 aliphatic heterocycles. The quantitative estimate of drug-likeness (QED) is 0.296. The summed E-state index contributed by atoms with van der Waals surface area (Å²) in [5.41, 5.74) is 1.35. The molecule has 1 amide bonds. The number of nitrogens with zero attached hydrogens (tertiary/aromatic N) is 1. The third kappa shape index (κ3) is 8.37. The lowest BCUT2D eigenvalue weighted by atomic mass is 9.85. The Kier molecular flexibility index (Phi) is 11.3. The molecule has 2 rings (SSSR count). The Bertz CT molecular complexity index is 577.